The first-order valence-corrected chi connectivity index (χ1v) is 9.07. The summed E-state index contributed by atoms with van der Waals surface area (Å²) in [4.78, 5) is 29.5. The molecule has 0 unspecified atom stereocenters. The molecule has 3 rings (SSSR count). The summed E-state index contributed by atoms with van der Waals surface area (Å²) in [6.07, 6.45) is 0.879. The molecule has 0 fully saturated rings. The van der Waals surface area contributed by atoms with Crippen LogP contribution in [0.15, 0.2) is 59.4 Å². The van der Waals surface area contributed by atoms with Gasteiger partial charge in [-0.3, -0.25) is 14.2 Å². The van der Waals surface area contributed by atoms with Gasteiger partial charge in [0.15, 0.2) is 0 Å². The third kappa shape index (κ3) is 4.63. The van der Waals surface area contributed by atoms with Crippen molar-refractivity contribution < 1.29 is 4.79 Å². The highest BCUT2D eigenvalue weighted by Crippen LogP contribution is 2.20. The number of rotatable bonds is 5. The van der Waals surface area contributed by atoms with Crippen molar-refractivity contribution in [3.8, 4) is 11.4 Å². The largest absolute Gasteiger partial charge is 0.325 e. The summed E-state index contributed by atoms with van der Waals surface area (Å²) in [5.74, 6) is 0.124. The Morgan fingerprint density at radius 3 is 2.67 bits per heavy atom. The van der Waals surface area contributed by atoms with Crippen LogP contribution >= 0.6 is 11.6 Å². The van der Waals surface area contributed by atoms with Gasteiger partial charge in [-0.05, 0) is 43.2 Å². The number of aromatic nitrogens is 2. The van der Waals surface area contributed by atoms with E-state index >= 15 is 0 Å². The number of hydrogen-bond donors (Lipinski definition) is 1. The lowest BCUT2D eigenvalue weighted by molar-refractivity contribution is -0.116. The van der Waals surface area contributed by atoms with E-state index in [1.807, 2.05) is 30.3 Å². The first-order chi connectivity index (χ1) is 13.0. The third-order valence-corrected chi connectivity index (χ3v) is 4.37. The van der Waals surface area contributed by atoms with Crippen LogP contribution in [-0.2, 0) is 17.8 Å². The summed E-state index contributed by atoms with van der Waals surface area (Å²) in [6, 6.07) is 16.1. The molecule has 0 spiro atoms. The Kier molecular flexibility index (Phi) is 5.72. The van der Waals surface area contributed by atoms with E-state index in [0.717, 1.165) is 12.0 Å². The molecule has 0 aliphatic heterocycles. The molecule has 0 radical (unpaired) electrons. The van der Waals surface area contributed by atoms with Gasteiger partial charge in [0.1, 0.15) is 12.4 Å². The monoisotopic (exact) mass is 381 g/mol. The molecule has 5 nitrogen and oxygen atoms in total. The summed E-state index contributed by atoms with van der Waals surface area (Å²) in [7, 11) is 0. The number of anilines is 1. The van der Waals surface area contributed by atoms with Gasteiger partial charge in [-0.1, -0.05) is 42.8 Å². The summed E-state index contributed by atoms with van der Waals surface area (Å²) in [6.45, 7) is 3.66. The van der Waals surface area contributed by atoms with E-state index in [-0.39, 0.29) is 18.0 Å². The average Bonchev–Trinajstić information content (AvgIpc) is 2.64. The smallest absolute Gasteiger partial charge is 0.254 e. The van der Waals surface area contributed by atoms with Gasteiger partial charge in [0.05, 0.1) is 0 Å². The lowest BCUT2D eigenvalue weighted by Crippen LogP contribution is -2.29. The summed E-state index contributed by atoms with van der Waals surface area (Å²) >= 11 is 6.07. The number of benzene rings is 2. The van der Waals surface area contributed by atoms with Crippen molar-refractivity contribution in [3.63, 3.8) is 0 Å². The van der Waals surface area contributed by atoms with Gasteiger partial charge in [-0.2, -0.15) is 0 Å². The molecule has 1 heterocycles. The predicted molar refractivity (Wildman–Crippen MR) is 108 cm³/mol. The van der Waals surface area contributed by atoms with Crippen molar-refractivity contribution in [3.05, 3.63) is 81.2 Å². The van der Waals surface area contributed by atoms with Crippen molar-refractivity contribution in [2.75, 3.05) is 5.32 Å². The fourth-order valence-corrected chi connectivity index (χ4v) is 3.02. The third-order valence-electron chi connectivity index (χ3n) is 4.14. The molecule has 0 bridgehead atoms. The zero-order valence-electron chi connectivity index (χ0n) is 15.2. The van der Waals surface area contributed by atoms with Crippen molar-refractivity contribution in [1.82, 2.24) is 9.55 Å². The van der Waals surface area contributed by atoms with Crippen LogP contribution in [-0.4, -0.2) is 15.5 Å². The van der Waals surface area contributed by atoms with Gasteiger partial charge < -0.3 is 5.32 Å². The van der Waals surface area contributed by atoms with Gasteiger partial charge in [-0.15, -0.1) is 0 Å². The quantitative estimate of drug-likeness (QED) is 0.724. The minimum atomic E-state index is -0.292. The van der Waals surface area contributed by atoms with E-state index in [1.54, 1.807) is 25.1 Å². The molecular weight excluding hydrogens is 362 g/mol. The van der Waals surface area contributed by atoms with E-state index in [0.29, 0.717) is 27.8 Å². The van der Waals surface area contributed by atoms with Gasteiger partial charge >= 0.3 is 0 Å². The SMILES string of the molecule is CCc1cccc(NC(=O)Cn2c(-c3cccc(Cl)c3)nc(C)cc2=O)c1. The van der Waals surface area contributed by atoms with Crippen LogP contribution in [0, 0.1) is 6.92 Å². The molecule has 0 saturated heterocycles. The van der Waals surface area contributed by atoms with Crippen molar-refractivity contribution >= 4 is 23.2 Å². The second kappa shape index (κ2) is 8.18. The summed E-state index contributed by atoms with van der Waals surface area (Å²) in [5, 5.41) is 3.38. The molecule has 6 heteroatoms. The van der Waals surface area contributed by atoms with Crippen LogP contribution in [0.1, 0.15) is 18.2 Å². The molecule has 0 aliphatic rings. The standard InChI is InChI=1S/C21H20ClN3O2/c1-3-15-6-4-9-18(11-15)24-19(26)13-25-20(27)10-14(2)23-21(25)16-7-5-8-17(22)12-16/h4-12H,3,13H2,1-2H3,(H,24,26). The number of carbonyl (C=O) groups is 1. The minimum absolute atomic E-state index is 0.135. The Hall–Kier alpha value is -2.92. The number of nitrogens with zero attached hydrogens (tertiary/aromatic N) is 2. The van der Waals surface area contributed by atoms with E-state index in [9.17, 15) is 9.59 Å². The molecular formula is C21H20ClN3O2. The zero-order valence-corrected chi connectivity index (χ0v) is 16.0. The lowest BCUT2D eigenvalue weighted by atomic mass is 10.1. The number of halogens is 1. The van der Waals surface area contributed by atoms with Crippen LogP contribution in [0.3, 0.4) is 0 Å². The number of carbonyl (C=O) groups excluding carboxylic acids is 1. The van der Waals surface area contributed by atoms with E-state index in [1.165, 1.54) is 10.6 Å². The number of hydrogen-bond acceptors (Lipinski definition) is 3. The Labute approximate surface area is 162 Å². The maximum absolute atomic E-state index is 12.5. The normalized spacial score (nSPS) is 10.6. The molecule has 0 atom stereocenters. The number of amides is 1. The summed E-state index contributed by atoms with van der Waals surface area (Å²) < 4.78 is 1.36. The van der Waals surface area contributed by atoms with Gasteiger partial charge in [0, 0.05) is 28.0 Å². The molecule has 0 aliphatic carbocycles. The first-order valence-electron chi connectivity index (χ1n) is 8.69. The highest BCUT2D eigenvalue weighted by molar-refractivity contribution is 6.30. The van der Waals surface area contributed by atoms with Crippen molar-refractivity contribution in [1.29, 1.82) is 0 Å². The Morgan fingerprint density at radius 1 is 1.15 bits per heavy atom. The van der Waals surface area contributed by atoms with E-state index in [2.05, 4.69) is 17.2 Å². The molecule has 1 aromatic heterocycles. The van der Waals surface area contributed by atoms with Gasteiger partial charge in [0.25, 0.3) is 5.56 Å². The molecule has 1 N–H and O–H groups in total. The maximum atomic E-state index is 12.5. The zero-order chi connectivity index (χ0) is 19.4. The molecule has 2 aromatic carbocycles. The average molecular weight is 382 g/mol. The highest BCUT2D eigenvalue weighted by atomic mass is 35.5. The van der Waals surface area contributed by atoms with Crippen LogP contribution in [0.2, 0.25) is 5.02 Å². The number of nitrogens with one attached hydrogen (secondary N) is 1. The van der Waals surface area contributed by atoms with Crippen molar-refractivity contribution in [2.45, 2.75) is 26.8 Å². The van der Waals surface area contributed by atoms with E-state index < -0.39 is 0 Å². The fraction of sp³-hybridized carbons (Fsp3) is 0.190. The van der Waals surface area contributed by atoms with Gasteiger partial charge in [-0.25, -0.2) is 4.98 Å². The molecule has 1 amide bonds. The number of aryl methyl sites for hydroxylation is 2. The van der Waals surface area contributed by atoms with Crippen LogP contribution < -0.4 is 10.9 Å². The van der Waals surface area contributed by atoms with Crippen LogP contribution in [0.5, 0.6) is 0 Å². The first kappa shape index (κ1) is 18.9. The Balaban J connectivity index is 1.92. The molecule has 3 aromatic rings. The molecule has 138 valence electrons. The predicted octanol–water partition coefficient (Wildman–Crippen LogP) is 4.07. The summed E-state index contributed by atoms with van der Waals surface area (Å²) in [5.41, 5.74) is 2.82. The van der Waals surface area contributed by atoms with E-state index in [4.69, 9.17) is 11.6 Å². The fourth-order valence-electron chi connectivity index (χ4n) is 2.83. The Morgan fingerprint density at radius 2 is 1.93 bits per heavy atom. The molecule has 27 heavy (non-hydrogen) atoms. The lowest BCUT2D eigenvalue weighted by Gasteiger charge is -2.13. The topological polar surface area (TPSA) is 64.0 Å². The van der Waals surface area contributed by atoms with Crippen LogP contribution in [0.25, 0.3) is 11.4 Å². The Bertz CT molecular complexity index is 1040. The highest BCUT2D eigenvalue weighted by Gasteiger charge is 2.14. The minimum Gasteiger partial charge on any atom is -0.325 e. The second-order valence-corrected chi connectivity index (χ2v) is 6.69. The van der Waals surface area contributed by atoms with Gasteiger partial charge in [0.2, 0.25) is 5.91 Å². The van der Waals surface area contributed by atoms with Crippen molar-refractivity contribution in [2.24, 2.45) is 0 Å². The maximum Gasteiger partial charge on any atom is 0.254 e. The van der Waals surface area contributed by atoms with Crippen LogP contribution in [0.4, 0.5) is 5.69 Å². The molecule has 0 saturated carbocycles. The second-order valence-electron chi connectivity index (χ2n) is 6.26.